The molecule has 0 aromatic rings. The summed E-state index contributed by atoms with van der Waals surface area (Å²) in [5.74, 6) is 0. The minimum atomic E-state index is -0.391. The highest BCUT2D eigenvalue weighted by atomic mass is 16.7. The van der Waals surface area contributed by atoms with Crippen molar-refractivity contribution in [3.05, 3.63) is 0 Å². The second-order valence-corrected chi connectivity index (χ2v) is 12.7. The molecule has 0 radical (unpaired) electrons. The fourth-order valence-corrected chi connectivity index (χ4v) is 5.79. The highest BCUT2D eigenvalue weighted by Gasteiger charge is 2.20. The Labute approximate surface area is 252 Å². The summed E-state index contributed by atoms with van der Waals surface area (Å²) in [7, 11) is 0. The van der Waals surface area contributed by atoms with Crippen molar-refractivity contribution in [1.82, 2.24) is 0 Å². The van der Waals surface area contributed by atoms with E-state index in [0.29, 0.717) is 0 Å². The lowest BCUT2D eigenvalue weighted by Gasteiger charge is -2.22. The van der Waals surface area contributed by atoms with Crippen molar-refractivity contribution in [3.63, 3.8) is 0 Å². The summed E-state index contributed by atoms with van der Waals surface area (Å²) < 4.78 is 12.0. The molecule has 0 aromatic carbocycles. The summed E-state index contributed by atoms with van der Waals surface area (Å²) in [6, 6.07) is 0. The molecule has 0 saturated carbocycles. The van der Waals surface area contributed by atoms with E-state index in [-0.39, 0.29) is 12.2 Å². The van der Waals surface area contributed by atoms with Crippen molar-refractivity contribution in [2.45, 2.75) is 233 Å². The Morgan fingerprint density at radius 3 is 0.775 bits per heavy atom. The molecule has 0 saturated heterocycles. The zero-order valence-corrected chi connectivity index (χ0v) is 28.1. The van der Waals surface area contributed by atoms with Crippen LogP contribution in [0.15, 0.2) is 0 Å². The Bertz CT molecular complexity index is 450. The van der Waals surface area contributed by atoms with Crippen LogP contribution in [0, 0.1) is 0 Å². The van der Waals surface area contributed by atoms with Crippen molar-refractivity contribution >= 4 is 6.16 Å². The molecule has 0 rings (SSSR count). The van der Waals surface area contributed by atoms with Crippen molar-refractivity contribution in [3.8, 4) is 0 Å². The molecular weight excluding hydrogens is 492 g/mol. The number of carbonyl (C=O) groups is 1. The van der Waals surface area contributed by atoms with E-state index in [2.05, 4.69) is 27.7 Å². The van der Waals surface area contributed by atoms with E-state index in [9.17, 15) is 4.79 Å². The van der Waals surface area contributed by atoms with Gasteiger partial charge < -0.3 is 9.47 Å². The van der Waals surface area contributed by atoms with Gasteiger partial charge in [-0.25, -0.2) is 4.79 Å². The third kappa shape index (κ3) is 28.8. The van der Waals surface area contributed by atoms with Crippen LogP contribution in [0.3, 0.4) is 0 Å². The van der Waals surface area contributed by atoms with Crippen molar-refractivity contribution < 1.29 is 14.3 Å². The van der Waals surface area contributed by atoms with Crippen LogP contribution in [0.25, 0.3) is 0 Å². The van der Waals surface area contributed by atoms with Gasteiger partial charge in [-0.1, -0.05) is 169 Å². The quantitative estimate of drug-likeness (QED) is 0.0600. The molecule has 0 aliphatic heterocycles. The minimum Gasteiger partial charge on any atom is -0.431 e. The van der Waals surface area contributed by atoms with Crippen LogP contribution in [0.4, 0.5) is 4.79 Å². The topological polar surface area (TPSA) is 35.5 Å². The molecule has 0 spiro atoms. The second kappa shape index (κ2) is 32.8. The van der Waals surface area contributed by atoms with Crippen molar-refractivity contribution in [2.75, 3.05) is 0 Å². The third-order valence-corrected chi connectivity index (χ3v) is 8.54. The van der Waals surface area contributed by atoms with Crippen LogP contribution in [0.1, 0.15) is 220 Å². The maximum absolute atomic E-state index is 13.0. The van der Waals surface area contributed by atoms with Crippen LogP contribution in [-0.2, 0) is 9.47 Å². The molecule has 0 aliphatic rings. The van der Waals surface area contributed by atoms with Crippen molar-refractivity contribution in [1.29, 1.82) is 0 Å². The number of ether oxygens (including phenoxy) is 2. The van der Waals surface area contributed by atoms with Gasteiger partial charge in [0.15, 0.2) is 0 Å². The van der Waals surface area contributed by atoms with Gasteiger partial charge in [0.25, 0.3) is 0 Å². The minimum absolute atomic E-state index is 0.0302. The van der Waals surface area contributed by atoms with Gasteiger partial charge in [-0.15, -0.1) is 0 Å². The van der Waals surface area contributed by atoms with E-state index in [1.807, 2.05) is 0 Å². The zero-order chi connectivity index (χ0) is 29.4. The first kappa shape index (κ1) is 39.3. The Morgan fingerprint density at radius 2 is 0.550 bits per heavy atom. The number of hydrogen-bond donors (Lipinski definition) is 0. The fraction of sp³-hybridized carbons (Fsp3) is 0.973. The molecule has 2 atom stereocenters. The molecule has 240 valence electrons. The van der Waals surface area contributed by atoms with E-state index in [4.69, 9.17) is 9.47 Å². The maximum Gasteiger partial charge on any atom is 0.508 e. The monoisotopic (exact) mass is 567 g/mol. The van der Waals surface area contributed by atoms with Crippen molar-refractivity contribution in [2.24, 2.45) is 0 Å². The van der Waals surface area contributed by atoms with Gasteiger partial charge in [0.1, 0.15) is 12.2 Å². The molecule has 0 bridgehead atoms. The van der Waals surface area contributed by atoms with Gasteiger partial charge >= 0.3 is 6.16 Å². The molecular formula is C37H74O3. The largest absolute Gasteiger partial charge is 0.508 e. The number of unbranched alkanes of at least 4 members (excludes halogenated alkanes) is 22. The van der Waals surface area contributed by atoms with E-state index in [1.54, 1.807) is 0 Å². The van der Waals surface area contributed by atoms with E-state index < -0.39 is 6.16 Å². The van der Waals surface area contributed by atoms with Gasteiger partial charge in [-0.2, -0.15) is 0 Å². The molecule has 40 heavy (non-hydrogen) atoms. The lowest BCUT2D eigenvalue weighted by molar-refractivity contribution is -0.0121. The molecule has 3 heteroatoms. The number of rotatable bonds is 32. The third-order valence-electron chi connectivity index (χ3n) is 8.54. The van der Waals surface area contributed by atoms with Gasteiger partial charge in [0.05, 0.1) is 0 Å². The molecule has 0 heterocycles. The van der Waals surface area contributed by atoms with Gasteiger partial charge in [0, 0.05) is 0 Å². The molecule has 0 aliphatic carbocycles. The van der Waals surface area contributed by atoms with Gasteiger partial charge in [-0.3, -0.25) is 0 Å². The summed E-state index contributed by atoms with van der Waals surface area (Å²) in [6.45, 7) is 9.09. The Morgan fingerprint density at radius 1 is 0.350 bits per heavy atom. The summed E-state index contributed by atoms with van der Waals surface area (Å²) in [6.07, 6.45) is 37.2. The first-order chi connectivity index (χ1) is 19.7. The summed E-state index contributed by atoms with van der Waals surface area (Å²) in [5.41, 5.74) is 0. The average molecular weight is 567 g/mol. The summed E-state index contributed by atoms with van der Waals surface area (Å²) >= 11 is 0. The predicted molar refractivity (Wildman–Crippen MR) is 176 cm³/mol. The van der Waals surface area contributed by atoms with Gasteiger partial charge in [0.2, 0.25) is 0 Å². The number of hydrogen-bond acceptors (Lipinski definition) is 3. The van der Waals surface area contributed by atoms with Crippen LogP contribution in [0.2, 0.25) is 0 Å². The summed E-state index contributed by atoms with van der Waals surface area (Å²) in [5, 5.41) is 0. The van der Waals surface area contributed by atoms with Crippen LogP contribution < -0.4 is 0 Å². The highest BCUT2D eigenvalue weighted by Crippen LogP contribution is 2.21. The molecule has 0 amide bonds. The standard InChI is InChI=1S/C37H74O3/c1-5-9-13-17-21-25-29-33-35(31-27-23-19-15-11-7-3)39-37(38)40-36(32-28-24-20-16-12-8-4)34-30-26-22-18-14-10-6-2/h35-36H,5-34H2,1-4H3. The van der Waals surface area contributed by atoms with Gasteiger partial charge in [-0.05, 0) is 51.4 Å². The smallest absolute Gasteiger partial charge is 0.431 e. The summed E-state index contributed by atoms with van der Waals surface area (Å²) in [4.78, 5) is 13.0. The van der Waals surface area contributed by atoms with E-state index in [1.165, 1.54) is 154 Å². The lowest BCUT2D eigenvalue weighted by atomic mass is 10.0. The Balaban J connectivity index is 4.66. The Hall–Kier alpha value is -0.730. The molecule has 0 N–H and O–H groups in total. The first-order valence-corrected chi connectivity index (χ1v) is 18.5. The molecule has 0 aromatic heterocycles. The first-order valence-electron chi connectivity index (χ1n) is 18.5. The molecule has 3 nitrogen and oxygen atoms in total. The predicted octanol–water partition coefficient (Wildman–Crippen LogP) is 13.7. The molecule has 0 fully saturated rings. The SMILES string of the molecule is CCCCCCCCCC(CCCCCCCC)OC(=O)OC(CCCCCCCC)CCCCCCCCC. The van der Waals surface area contributed by atoms with E-state index >= 15 is 0 Å². The zero-order valence-electron chi connectivity index (χ0n) is 28.1. The van der Waals surface area contributed by atoms with E-state index in [0.717, 1.165) is 38.5 Å². The molecule has 2 unspecified atom stereocenters. The van der Waals surface area contributed by atoms with Crippen LogP contribution >= 0.6 is 0 Å². The highest BCUT2D eigenvalue weighted by molar-refractivity contribution is 5.60. The fourth-order valence-electron chi connectivity index (χ4n) is 5.79. The van der Waals surface area contributed by atoms with Crippen LogP contribution in [-0.4, -0.2) is 18.4 Å². The number of carbonyl (C=O) groups excluding carboxylic acids is 1. The normalized spacial score (nSPS) is 12.9. The van der Waals surface area contributed by atoms with Crippen LogP contribution in [0.5, 0.6) is 0 Å². The Kier molecular flexibility index (Phi) is 32.2. The maximum atomic E-state index is 13.0. The average Bonchev–Trinajstić information content (AvgIpc) is 2.95. The second-order valence-electron chi connectivity index (χ2n) is 12.7. The lowest BCUT2D eigenvalue weighted by Crippen LogP contribution is -2.24.